The summed E-state index contributed by atoms with van der Waals surface area (Å²) in [5.41, 5.74) is 1.25. The first kappa shape index (κ1) is 19.6. The Labute approximate surface area is 157 Å². The molecular weight excluding hydrogens is 358 g/mol. The van der Waals surface area contributed by atoms with E-state index in [4.69, 9.17) is 25.8 Å². The summed E-state index contributed by atoms with van der Waals surface area (Å²) in [6.07, 6.45) is 0. The first-order valence-electron chi connectivity index (χ1n) is 8.02. The Balaban J connectivity index is 1.90. The molecule has 0 aliphatic carbocycles. The van der Waals surface area contributed by atoms with Gasteiger partial charge in [0.2, 0.25) is 0 Å². The summed E-state index contributed by atoms with van der Waals surface area (Å²) < 4.78 is 15.3. The normalized spacial score (nSPS) is 10.1. The summed E-state index contributed by atoms with van der Waals surface area (Å²) >= 11 is 5.94. The molecule has 0 aromatic heterocycles. The number of amides is 1. The molecule has 0 saturated heterocycles. The van der Waals surface area contributed by atoms with Crippen LogP contribution in [0, 0.1) is 0 Å². The van der Waals surface area contributed by atoms with Gasteiger partial charge >= 0.3 is 5.97 Å². The lowest BCUT2D eigenvalue weighted by molar-refractivity contribution is -0.145. The van der Waals surface area contributed by atoms with Gasteiger partial charge in [-0.05, 0) is 42.8 Å². The minimum Gasteiger partial charge on any atom is -0.496 e. The van der Waals surface area contributed by atoms with E-state index < -0.39 is 5.97 Å². The van der Waals surface area contributed by atoms with Crippen LogP contribution in [0.15, 0.2) is 42.5 Å². The minimum absolute atomic E-state index is 0.140. The quantitative estimate of drug-likeness (QED) is 0.715. The van der Waals surface area contributed by atoms with Crippen LogP contribution in [0.5, 0.6) is 11.5 Å². The van der Waals surface area contributed by atoms with Crippen molar-refractivity contribution >= 4 is 23.5 Å². The van der Waals surface area contributed by atoms with Crippen LogP contribution in [0.4, 0.5) is 0 Å². The Bertz CT molecular complexity index is 761. The number of nitrogens with one attached hydrogen (secondary N) is 1. The number of hydrogen-bond acceptors (Lipinski definition) is 5. The van der Waals surface area contributed by atoms with E-state index >= 15 is 0 Å². The van der Waals surface area contributed by atoms with Crippen LogP contribution in [0.2, 0.25) is 5.02 Å². The molecule has 2 aromatic carbocycles. The maximum atomic E-state index is 12.3. The number of benzene rings is 2. The third kappa shape index (κ3) is 5.67. The van der Waals surface area contributed by atoms with Crippen molar-refractivity contribution in [3.05, 3.63) is 58.6 Å². The summed E-state index contributed by atoms with van der Waals surface area (Å²) in [4.78, 5) is 23.6. The van der Waals surface area contributed by atoms with Crippen LogP contribution in [-0.2, 0) is 16.1 Å². The van der Waals surface area contributed by atoms with Crippen molar-refractivity contribution in [2.24, 2.45) is 0 Å². The molecule has 0 spiro atoms. The molecule has 26 heavy (non-hydrogen) atoms. The number of hydrogen-bond donors (Lipinski definition) is 1. The van der Waals surface area contributed by atoms with Crippen LogP contribution in [0.1, 0.15) is 22.8 Å². The van der Waals surface area contributed by atoms with E-state index in [0.29, 0.717) is 35.2 Å². The molecule has 2 rings (SSSR count). The molecule has 2 aromatic rings. The molecule has 0 aliphatic heterocycles. The van der Waals surface area contributed by atoms with Gasteiger partial charge in [-0.1, -0.05) is 23.7 Å². The summed E-state index contributed by atoms with van der Waals surface area (Å²) in [5, 5.41) is 3.27. The highest BCUT2D eigenvalue weighted by Crippen LogP contribution is 2.22. The molecule has 1 N–H and O–H groups in total. The SMILES string of the molecule is CCOC(=O)COc1ccc(CNC(=O)c2cc(Cl)ccc2OC)cc1. The predicted octanol–water partition coefficient (Wildman–Crippen LogP) is 3.22. The average molecular weight is 378 g/mol. The fraction of sp³-hybridized carbons (Fsp3) is 0.263. The number of halogens is 1. The smallest absolute Gasteiger partial charge is 0.344 e. The molecule has 0 heterocycles. The van der Waals surface area contributed by atoms with Gasteiger partial charge in [0.15, 0.2) is 6.61 Å². The number of rotatable bonds is 8. The average Bonchev–Trinajstić information content (AvgIpc) is 2.65. The molecule has 0 saturated carbocycles. The molecule has 0 bridgehead atoms. The van der Waals surface area contributed by atoms with Gasteiger partial charge in [0.1, 0.15) is 11.5 Å². The Kier molecular flexibility index (Phi) is 7.29. The lowest BCUT2D eigenvalue weighted by Crippen LogP contribution is -2.23. The van der Waals surface area contributed by atoms with Crippen molar-refractivity contribution in [1.82, 2.24) is 5.32 Å². The first-order chi connectivity index (χ1) is 12.5. The van der Waals surface area contributed by atoms with Gasteiger partial charge in [-0.2, -0.15) is 0 Å². The summed E-state index contributed by atoms with van der Waals surface area (Å²) in [7, 11) is 1.50. The molecule has 0 fully saturated rings. The predicted molar refractivity (Wildman–Crippen MR) is 97.7 cm³/mol. The summed E-state index contributed by atoms with van der Waals surface area (Å²) in [6, 6.07) is 11.9. The second-order valence-corrected chi connectivity index (χ2v) is 5.70. The Morgan fingerprint density at radius 2 is 1.85 bits per heavy atom. The van der Waals surface area contributed by atoms with Crippen molar-refractivity contribution in [1.29, 1.82) is 0 Å². The highest BCUT2D eigenvalue weighted by molar-refractivity contribution is 6.31. The summed E-state index contributed by atoms with van der Waals surface area (Å²) in [6.45, 7) is 2.24. The molecule has 6 nitrogen and oxygen atoms in total. The lowest BCUT2D eigenvalue weighted by Gasteiger charge is -2.10. The van der Waals surface area contributed by atoms with Crippen LogP contribution in [0.25, 0.3) is 0 Å². The monoisotopic (exact) mass is 377 g/mol. The number of esters is 1. The third-order valence-corrected chi connectivity index (χ3v) is 3.68. The topological polar surface area (TPSA) is 73.9 Å². The second kappa shape index (κ2) is 9.68. The first-order valence-corrected chi connectivity index (χ1v) is 8.40. The van der Waals surface area contributed by atoms with Gasteiger partial charge in [0, 0.05) is 11.6 Å². The number of carbonyl (C=O) groups excluding carboxylic acids is 2. The Hall–Kier alpha value is -2.73. The van der Waals surface area contributed by atoms with E-state index in [1.165, 1.54) is 7.11 Å². The Morgan fingerprint density at radius 1 is 1.12 bits per heavy atom. The second-order valence-electron chi connectivity index (χ2n) is 5.26. The van der Waals surface area contributed by atoms with Gasteiger partial charge in [0.25, 0.3) is 5.91 Å². The van der Waals surface area contributed by atoms with E-state index in [2.05, 4.69) is 5.32 Å². The van der Waals surface area contributed by atoms with Crippen LogP contribution in [-0.4, -0.2) is 32.2 Å². The van der Waals surface area contributed by atoms with E-state index in [0.717, 1.165) is 5.56 Å². The molecule has 7 heteroatoms. The maximum Gasteiger partial charge on any atom is 0.344 e. The van der Waals surface area contributed by atoms with Gasteiger partial charge < -0.3 is 19.5 Å². The minimum atomic E-state index is -0.417. The number of methoxy groups -OCH3 is 1. The van der Waals surface area contributed by atoms with Crippen molar-refractivity contribution in [2.75, 3.05) is 20.3 Å². The maximum absolute atomic E-state index is 12.3. The van der Waals surface area contributed by atoms with Crippen molar-refractivity contribution in [3.8, 4) is 11.5 Å². The third-order valence-electron chi connectivity index (χ3n) is 3.44. The van der Waals surface area contributed by atoms with E-state index in [-0.39, 0.29) is 12.5 Å². The fourth-order valence-corrected chi connectivity index (χ4v) is 2.36. The van der Waals surface area contributed by atoms with Crippen LogP contribution >= 0.6 is 11.6 Å². The highest BCUT2D eigenvalue weighted by Gasteiger charge is 2.12. The lowest BCUT2D eigenvalue weighted by atomic mass is 10.1. The number of ether oxygens (including phenoxy) is 3. The summed E-state index contributed by atoms with van der Waals surface area (Å²) in [5.74, 6) is 0.297. The van der Waals surface area contributed by atoms with Crippen molar-refractivity contribution in [3.63, 3.8) is 0 Å². The molecular formula is C19H20ClNO5. The van der Waals surface area contributed by atoms with Crippen molar-refractivity contribution < 1.29 is 23.8 Å². The van der Waals surface area contributed by atoms with Crippen molar-refractivity contribution in [2.45, 2.75) is 13.5 Å². The highest BCUT2D eigenvalue weighted by atomic mass is 35.5. The zero-order valence-corrected chi connectivity index (χ0v) is 15.3. The zero-order valence-electron chi connectivity index (χ0n) is 14.6. The van der Waals surface area contributed by atoms with Crippen LogP contribution < -0.4 is 14.8 Å². The molecule has 138 valence electrons. The van der Waals surface area contributed by atoms with Crippen LogP contribution in [0.3, 0.4) is 0 Å². The van der Waals surface area contributed by atoms with E-state index in [9.17, 15) is 9.59 Å². The molecule has 0 atom stereocenters. The van der Waals surface area contributed by atoms with Gasteiger partial charge in [-0.15, -0.1) is 0 Å². The number of carbonyl (C=O) groups is 2. The molecule has 0 unspecified atom stereocenters. The molecule has 1 amide bonds. The largest absolute Gasteiger partial charge is 0.496 e. The fourth-order valence-electron chi connectivity index (χ4n) is 2.18. The van der Waals surface area contributed by atoms with Gasteiger partial charge in [0.05, 0.1) is 19.3 Å². The zero-order chi connectivity index (χ0) is 18.9. The van der Waals surface area contributed by atoms with E-state index in [1.54, 1.807) is 49.4 Å². The standard InChI is InChI=1S/C19H20ClNO5/c1-3-25-18(22)12-26-15-7-4-13(5-8-15)11-21-19(23)16-10-14(20)6-9-17(16)24-2/h4-10H,3,11-12H2,1-2H3,(H,21,23). The Morgan fingerprint density at radius 3 is 2.50 bits per heavy atom. The molecule has 0 aliphatic rings. The van der Waals surface area contributed by atoms with Gasteiger partial charge in [-0.25, -0.2) is 4.79 Å². The molecule has 0 radical (unpaired) electrons. The van der Waals surface area contributed by atoms with E-state index in [1.807, 2.05) is 0 Å². The van der Waals surface area contributed by atoms with Gasteiger partial charge in [-0.3, -0.25) is 4.79 Å².